The van der Waals surface area contributed by atoms with Crippen LogP contribution in [0.5, 0.6) is 80.5 Å². The molecule has 6 aromatic rings. The van der Waals surface area contributed by atoms with Crippen molar-refractivity contribution in [3.8, 4) is 80.5 Å². The molecule has 0 aromatic heterocycles. The van der Waals surface area contributed by atoms with E-state index in [9.17, 15) is 90.4 Å². The van der Waals surface area contributed by atoms with Gasteiger partial charge in [0.05, 0.1) is 6.10 Å². The van der Waals surface area contributed by atoms with Crippen LogP contribution in [0.4, 0.5) is 0 Å². The van der Waals surface area contributed by atoms with Crippen LogP contribution in [0.1, 0.15) is 55.8 Å². The minimum Gasteiger partial charge on any atom is -0.508 e. The van der Waals surface area contributed by atoms with Crippen LogP contribution in [0.15, 0.2) is 109 Å². The first kappa shape index (κ1) is 52.6. The molecule has 0 radical (unpaired) electrons. The van der Waals surface area contributed by atoms with Gasteiger partial charge in [0.2, 0.25) is 5.60 Å². The van der Waals surface area contributed by atoms with Crippen molar-refractivity contribution < 1.29 is 128 Å². The Labute approximate surface area is 451 Å². The monoisotopic (exact) mass is 1120 g/mol. The smallest absolute Gasteiger partial charge is 0.357 e. The maximum Gasteiger partial charge on any atom is 0.357 e. The molecule has 81 heavy (non-hydrogen) atoms. The number of phenolic OH excluding ortho intramolecular Hbond substituents is 8. The third-order valence-electron chi connectivity index (χ3n) is 13.9. The average molecular weight is 1120 g/mol. The summed E-state index contributed by atoms with van der Waals surface area (Å²) in [7, 11) is 0. The summed E-state index contributed by atoms with van der Waals surface area (Å²) in [5.74, 6) is -26.4. The van der Waals surface area contributed by atoms with Crippen LogP contribution < -0.4 is 28.4 Å². The number of aliphatic hydroxyl groups excluding tert-OH is 2. The van der Waals surface area contributed by atoms with E-state index in [1.54, 1.807) is 0 Å². The summed E-state index contributed by atoms with van der Waals surface area (Å²) in [5, 5.41) is 139. The highest BCUT2D eigenvalue weighted by Gasteiger charge is 2.72. The summed E-state index contributed by atoms with van der Waals surface area (Å²) in [4.78, 5) is 67.7. The van der Waals surface area contributed by atoms with Crippen LogP contribution in [-0.2, 0) is 35.4 Å². The molecule has 6 aromatic carbocycles. The number of carboxylic acids is 1. The van der Waals surface area contributed by atoms with Gasteiger partial charge in [-0.05, 0) is 83.9 Å². The van der Waals surface area contributed by atoms with Gasteiger partial charge in [-0.2, -0.15) is 0 Å². The molecule has 0 bridgehead atoms. The van der Waals surface area contributed by atoms with E-state index in [0.717, 1.165) is 85.0 Å². The molecule has 4 unspecified atom stereocenters. The predicted octanol–water partition coefficient (Wildman–Crippen LogP) is 3.03. The van der Waals surface area contributed by atoms with Gasteiger partial charge in [0.25, 0.3) is 11.6 Å². The van der Waals surface area contributed by atoms with Gasteiger partial charge >= 0.3 is 41.1 Å². The molecule has 416 valence electrons. The number of benzene rings is 6. The van der Waals surface area contributed by atoms with Crippen molar-refractivity contribution in [3.63, 3.8) is 0 Å². The number of aliphatic carboxylic acids is 1. The van der Waals surface area contributed by atoms with E-state index in [-0.39, 0.29) is 45.3 Å². The maximum absolute atomic E-state index is 14.0. The van der Waals surface area contributed by atoms with Crippen LogP contribution >= 0.6 is 0 Å². The van der Waals surface area contributed by atoms with Crippen LogP contribution in [-0.4, -0.2) is 131 Å². The second-order valence-electron chi connectivity index (χ2n) is 19.1. The number of carbonyl (C=O) groups is 5. The number of ether oxygens (including phenoxy) is 8. The lowest BCUT2D eigenvalue weighted by molar-refractivity contribution is -0.316. The van der Waals surface area contributed by atoms with E-state index in [4.69, 9.17) is 37.9 Å². The third-order valence-corrected chi connectivity index (χ3v) is 13.9. The molecule has 11 rings (SSSR count). The zero-order valence-electron chi connectivity index (χ0n) is 40.8. The Kier molecular flexibility index (Phi) is 11.9. The summed E-state index contributed by atoms with van der Waals surface area (Å²) < 4.78 is 46.8. The van der Waals surface area contributed by atoms with E-state index in [1.165, 1.54) is 36.4 Å². The largest absolute Gasteiger partial charge is 0.508 e. The number of Topliss-reactive ketones (excluding diaryl/α,β-unsaturated/α-hetero) is 2. The van der Waals surface area contributed by atoms with Crippen LogP contribution in [0.25, 0.3) is 12.2 Å². The Morgan fingerprint density at radius 1 is 0.494 bits per heavy atom. The normalized spacial score (nSPS) is 26.7. The molecule has 26 nitrogen and oxygen atoms in total. The van der Waals surface area contributed by atoms with Crippen molar-refractivity contribution in [1.82, 2.24) is 0 Å². The van der Waals surface area contributed by atoms with Crippen molar-refractivity contribution in [1.29, 1.82) is 0 Å². The number of hydrogen-bond donors (Lipinski definition) is 13. The number of rotatable bonds is 9. The molecular weight excluding hydrogens is 1080 g/mol. The van der Waals surface area contributed by atoms with Crippen molar-refractivity contribution >= 4 is 41.6 Å². The number of aliphatic hydroxyl groups is 4. The van der Waals surface area contributed by atoms with E-state index in [1.807, 2.05) is 0 Å². The van der Waals surface area contributed by atoms with E-state index in [0.29, 0.717) is 0 Å². The number of aromatic hydroxyl groups is 8. The molecule has 0 amide bonds. The number of hydrogen-bond acceptors (Lipinski definition) is 25. The topological polar surface area (TPSA) is 422 Å². The number of phenols is 8. The van der Waals surface area contributed by atoms with Gasteiger partial charge < -0.3 is 104 Å². The van der Waals surface area contributed by atoms with Crippen LogP contribution in [0, 0.1) is 0 Å². The number of ketones is 2. The molecule has 26 heteroatoms. The van der Waals surface area contributed by atoms with Crippen LogP contribution in [0.3, 0.4) is 0 Å². The zero-order chi connectivity index (χ0) is 57.9. The molecule has 4 aliphatic heterocycles. The molecule has 0 spiro atoms. The Bertz CT molecular complexity index is 3800. The first-order valence-corrected chi connectivity index (χ1v) is 23.8. The highest BCUT2D eigenvalue weighted by atomic mass is 16.8. The van der Waals surface area contributed by atoms with Gasteiger partial charge in [-0.15, -0.1) is 0 Å². The molecule has 1 saturated carbocycles. The fourth-order valence-corrected chi connectivity index (χ4v) is 9.97. The summed E-state index contributed by atoms with van der Waals surface area (Å²) in [6.07, 6.45) is -3.63. The fraction of sp³-hybridized carbons (Fsp3) is 0.182. The lowest BCUT2D eigenvalue weighted by atomic mass is 9.79. The summed E-state index contributed by atoms with van der Waals surface area (Å²) >= 11 is 0. The van der Waals surface area contributed by atoms with Crippen molar-refractivity contribution in [3.05, 3.63) is 143 Å². The van der Waals surface area contributed by atoms with E-state index < -0.39 is 158 Å². The first-order valence-electron chi connectivity index (χ1n) is 23.8. The highest BCUT2D eigenvalue weighted by Crippen LogP contribution is 2.58. The van der Waals surface area contributed by atoms with Gasteiger partial charge in [0.1, 0.15) is 57.8 Å². The Balaban J connectivity index is 0.809. The lowest BCUT2D eigenvalue weighted by Gasteiger charge is -2.50. The zero-order valence-corrected chi connectivity index (χ0v) is 40.8. The standard InChI is InChI=1S/C55H40O26/c56-27-17-33(62)45-40(19-27)79-54(25-5-7-29(58)31(60)15-25)52(72,48(45)68)75-36-9-1-23(13-38(36)77-54)3-11-43(65)74-42-22-51(50(70)71,21-35(64)47(42)67)81-44(66)12-4-24-2-10-37-39(14-24)78-55(26-6-8-30(59)32(61)16-26)53(73,76-37)49(69)46-34(63)18-28(57)20-41(46)80-55/h1-20,35,42,47,56-64,67,72-73H,21-22H2,(H,70,71)/b11-3+,12-4+/t35-,42-,47+,51-,52?,53?,54?,55?/m1/s1. The minimum absolute atomic E-state index is 0.0884. The van der Waals surface area contributed by atoms with Gasteiger partial charge in [0.15, 0.2) is 46.0 Å². The SMILES string of the molecule is O=C(/C=C/c1ccc2c(c1)OC1(c3ccc(O)c(O)c3)Oc3cc(O)cc(O)c3C(=O)C1(O)O2)O[C@@H]1C[C@@](OC(=O)/C=C/c2ccc3c(c2)OC2(c4ccc(O)c(O)c4)Oc4cc(O)cc(O)c4C(=O)C2(O)O3)(C(=O)O)C[C@@H](O)[C@@H]1O. The van der Waals surface area contributed by atoms with Gasteiger partial charge in [-0.3, -0.25) is 9.59 Å². The quantitative estimate of drug-likeness (QED) is 0.0562. The predicted molar refractivity (Wildman–Crippen MR) is 263 cm³/mol. The Hall–Kier alpha value is -10.4. The van der Waals surface area contributed by atoms with Crippen molar-refractivity contribution in [2.75, 3.05) is 0 Å². The molecule has 1 fully saturated rings. The fourth-order valence-electron chi connectivity index (χ4n) is 9.97. The van der Waals surface area contributed by atoms with Crippen molar-refractivity contribution in [2.45, 2.75) is 59.9 Å². The molecule has 0 saturated heterocycles. The summed E-state index contributed by atoms with van der Waals surface area (Å²) in [6.45, 7) is 0. The van der Waals surface area contributed by atoms with Gasteiger partial charge in [-0.25, -0.2) is 14.4 Å². The number of carbonyl (C=O) groups excluding carboxylic acids is 4. The molecule has 4 heterocycles. The third kappa shape index (κ3) is 8.23. The van der Waals surface area contributed by atoms with Gasteiger partial charge in [0, 0.05) is 60.4 Å². The van der Waals surface area contributed by atoms with E-state index in [2.05, 4.69) is 0 Å². The number of fused-ring (bicyclic) bond motifs is 6. The Morgan fingerprint density at radius 2 is 0.938 bits per heavy atom. The van der Waals surface area contributed by atoms with Crippen molar-refractivity contribution in [2.24, 2.45) is 0 Å². The van der Waals surface area contributed by atoms with Crippen LogP contribution in [0.2, 0.25) is 0 Å². The second-order valence-corrected chi connectivity index (χ2v) is 19.1. The van der Waals surface area contributed by atoms with Gasteiger partial charge in [-0.1, -0.05) is 12.1 Å². The Morgan fingerprint density at radius 3 is 1.38 bits per heavy atom. The summed E-state index contributed by atoms with van der Waals surface area (Å²) in [5.41, 5.74) is -4.27. The first-order chi connectivity index (χ1) is 38.3. The van der Waals surface area contributed by atoms with E-state index >= 15 is 0 Å². The molecule has 1 aliphatic carbocycles. The molecule has 13 N–H and O–H groups in total. The second kappa shape index (κ2) is 18.3. The number of esters is 2. The number of carboxylic acid groups (broad SMARTS) is 1. The average Bonchev–Trinajstić information content (AvgIpc) is 1.33. The lowest BCUT2D eigenvalue weighted by Crippen LogP contribution is -2.70. The maximum atomic E-state index is 14.0. The highest BCUT2D eigenvalue weighted by molar-refractivity contribution is 6.09. The summed E-state index contributed by atoms with van der Waals surface area (Å²) in [6, 6.07) is 16.9. The molecular formula is C55H40O26. The molecule has 5 aliphatic rings. The molecule has 8 atom stereocenters. The minimum atomic E-state index is -3.17.